The first-order valence-electron chi connectivity index (χ1n) is 10.6. The largest absolute Gasteiger partial charge is 0.370 e. The summed E-state index contributed by atoms with van der Waals surface area (Å²) >= 11 is 1.63. The minimum absolute atomic E-state index is 0.0400. The van der Waals surface area contributed by atoms with E-state index in [-0.39, 0.29) is 5.91 Å². The number of quaternary nitrogens is 1. The first-order valence-corrected chi connectivity index (χ1v) is 11.4. The molecule has 0 aliphatic carbocycles. The van der Waals surface area contributed by atoms with Crippen molar-refractivity contribution in [1.82, 2.24) is 4.98 Å². The SMILES string of the molecule is Cc1ccc(C)c(C(=O)N(CC[NH+]2CCOCC2)c2nc3c(C)ccc(C)c3s2)c1. The van der Waals surface area contributed by atoms with Gasteiger partial charge in [-0.25, -0.2) is 4.98 Å². The average Bonchev–Trinajstić information content (AvgIpc) is 3.20. The van der Waals surface area contributed by atoms with Crippen molar-refractivity contribution in [3.63, 3.8) is 0 Å². The molecule has 1 aromatic heterocycles. The van der Waals surface area contributed by atoms with Gasteiger partial charge in [0.25, 0.3) is 5.91 Å². The normalized spacial score (nSPS) is 14.9. The lowest BCUT2D eigenvalue weighted by molar-refractivity contribution is -0.906. The van der Waals surface area contributed by atoms with Gasteiger partial charge < -0.3 is 9.64 Å². The van der Waals surface area contributed by atoms with E-state index in [0.717, 1.165) is 65.8 Å². The molecule has 3 aromatic rings. The highest BCUT2D eigenvalue weighted by Gasteiger charge is 2.25. The van der Waals surface area contributed by atoms with Gasteiger partial charge in [0.1, 0.15) is 13.1 Å². The molecule has 0 atom stereocenters. The molecule has 1 saturated heterocycles. The number of aromatic nitrogens is 1. The molecular weight excluding hydrogens is 394 g/mol. The van der Waals surface area contributed by atoms with Crippen LogP contribution in [0.2, 0.25) is 0 Å². The van der Waals surface area contributed by atoms with E-state index in [0.29, 0.717) is 6.54 Å². The van der Waals surface area contributed by atoms with Gasteiger partial charge in [-0.05, 0) is 50.5 Å². The summed E-state index contributed by atoms with van der Waals surface area (Å²) in [6, 6.07) is 10.3. The second-order valence-electron chi connectivity index (χ2n) is 8.26. The highest BCUT2D eigenvalue weighted by atomic mass is 32.1. The lowest BCUT2D eigenvalue weighted by Gasteiger charge is -2.27. The molecule has 2 aromatic carbocycles. The number of hydrogen-bond acceptors (Lipinski definition) is 4. The number of amides is 1. The van der Waals surface area contributed by atoms with Crippen molar-refractivity contribution in [1.29, 1.82) is 0 Å². The minimum atomic E-state index is 0.0400. The van der Waals surface area contributed by atoms with E-state index in [1.807, 2.05) is 30.9 Å². The zero-order valence-electron chi connectivity index (χ0n) is 18.2. The Kier molecular flexibility index (Phi) is 6.18. The van der Waals surface area contributed by atoms with Crippen LogP contribution in [0.15, 0.2) is 30.3 Å². The molecule has 158 valence electrons. The van der Waals surface area contributed by atoms with E-state index in [1.54, 1.807) is 11.3 Å². The van der Waals surface area contributed by atoms with Crippen molar-refractivity contribution in [3.8, 4) is 0 Å². The van der Waals surface area contributed by atoms with Crippen molar-refractivity contribution in [2.75, 3.05) is 44.3 Å². The van der Waals surface area contributed by atoms with Crippen molar-refractivity contribution < 1.29 is 14.4 Å². The predicted molar refractivity (Wildman–Crippen MR) is 123 cm³/mol. The van der Waals surface area contributed by atoms with E-state index in [1.165, 1.54) is 15.2 Å². The van der Waals surface area contributed by atoms with Gasteiger partial charge in [-0.1, -0.05) is 41.2 Å². The maximum atomic E-state index is 13.7. The van der Waals surface area contributed by atoms with Crippen LogP contribution < -0.4 is 9.80 Å². The number of hydrogen-bond donors (Lipinski definition) is 1. The number of nitrogens with one attached hydrogen (secondary N) is 1. The first kappa shape index (κ1) is 21.0. The van der Waals surface area contributed by atoms with E-state index in [4.69, 9.17) is 9.72 Å². The molecule has 30 heavy (non-hydrogen) atoms. The monoisotopic (exact) mass is 424 g/mol. The quantitative estimate of drug-likeness (QED) is 0.685. The number of ether oxygens (including phenoxy) is 1. The topological polar surface area (TPSA) is 46.9 Å². The number of fused-ring (bicyclic) bond motifs is 1. The van der Waals surface area contributed by atoms with Crippen LogP contribution in [0.25, 0.3) is 10.2 Å². The van der Waals surface area contributed by atoms with Crippen LogP contribution in [0.5, 0.6) is 0 Å². The molecule has 5 nitrogen and oxygen atoms in total. The summed E-state index contributed by atoms with van der Waals surface area (Å²) < 4.78 is 6.66. The number of thiazole rings is 1. The van der Waals surface area contributed by atoms with Crippen molar-refractivity contribution in [3.05, 3.63) is 58.1 Å². The molecule has 0 bridgehead atoms. The van der Waals surface area contributed by atoms with Crippen LogP contribution in [-0.4, -0.2) is 50.3 Å². The Balaban J connectivity index is 1.71. The fourth-order valence-corrected chi connectivity index (χ4v) is 5.08. The highest BCUT2D eigenvalue weighted by molar-refractivity contribution is 7.22. The van der Waals surface area contributed by atoms with Gasteiger partial charge in [-0.3, -0.25) is 9.69 Å². The van der Waals surface area contributed by atoms with Crippen molar-refractivity contribution >= 4 is 32.6 Å². The number of morpholine rings is 1. The Labute approximate surface area is 182 Å². The second kappa shape index (κ2) is 8.84. The lowest BCUT2D eigenvalue weighted by Crippen LogP contribution is -3.14. The zero-order valence-corrected chi connectivity index (χ0v) is 19.1. The Morgan fingerprint density at radius 3 is 2.50 bits per heavy atom. The summed E-state index contributed by atoms with van der Waals surface area (Å²) in [7, 11) is 0. The molecule has 6 heteroatoms. The van der Waals surface area contributed by atoms with Crippen LogP contribution >= 0.6 is 11.3 Å². The van der Waals surface area contributed by atoms with E-state index >= 15 is 0 Å². The number of carbonyl (C=O) groups excluding carboxylic acids is 1. The number of rotatable bonds is 5. The summed E-state index contributed by atoms with van der Waals surface area (Å²) in [6.45, 7) is 13.3. The standard InChI is InChI=1S/C24H29N3O2S/c1-16-5-6-17(2)20(15-16)23(28)27(10-9-26-11-13-29-14-12-26)24-25-21-18(3)7-8-19(4)22(21)30-24/h5-8,15H,9-14H2,1-4H3/p+1. The Bertz CT molecular complexity index is 1030. The summed E-state index contributed by atoms with van der Waals surface area (Å²) in [5.74, 6) is 0.0400. The average molecular weight is 425 g/mol. The van der Waals surface area contributed by atoms with Gasteiger partial charge in [0.2, 0.25) is 0 Å². The van der Waals surface area contributed by atoms with Crippen LogP contribution in [0, 0.1) is 27.7 Å². The van der Waals surface area contributed by atoms with E-state index in [2.05, 4.69) is 32.0 Å². The van der Waals surface area contributed by atoms with Gasteiger partial charge in [0, 0.05) is 5.56 Å². The number of anilines is 1. The lowest BCUT2D eigenvalue weighted by atomic mass is 10.0. The fraction of sp³-hybridized carbons (Fsp3) is 0.417. The van der Waals surface area contributed by atoms with Gasteiger partial charge in [-0.15, -0.1) is 0 Å². The summed E-state index contributed by atoms with van der Waals surface area (Å²) in [5, 5.41) is 0.793. The molecule has 1 N–H and O–H groups in total. The van der Waals surface area contributed by atoms with E-state index < -0.39 is 0 Å². The molecule has 0 unspecified atom stereocenters. The van der Waals surface area contributed by atoms with Gasteiger partial charge in [0.15, 0.2) is 5.13 Å². The van der Waals surface area contributed by atoms with Crippen molar-refractivity contribution in [2.24, 2.45) is 0 Å². The van der Waals surface area contributed by atoms with Crippen LogP contribution in [-0.2, 0) is 4.74 Å². The molecule has 1 aliphatic rings. The highest BCUT2D eigenvalue weighted by Crippen LogP contribution is 2.33. The molecule has 4 rings (SSSR count). The van der Waals surface area contributed by atoms with Crippen LogP contribution in [0.4, 0.5) is 5.13 Å². The Morgan fingerprint density at radius 2 is 1.77 bits per heavy atom. The molecule has 1 amide bonds. The summed E-state index contributed by atoms with van der Waals surface area (Å²) in [4.78, 5) is 22.0. The number of aryl methyl sites for hydroxylation is 4. The third-order valence-electron chi connectivity index (χ3n) is 5.92. The summed E-state index contributed by atoms with van der Waals surface area (Å²) in [6.07, 6.45) is 0. The fourth-order valence-electron chi connectivity index (χ4n) is 3.94. The molecule has 0 radical (unpaired) electrons. The van der Waals surface area contributed by atoms with Crippen LogP contribution in [0.1, 0.15) is 32.6 Å². The Morgan fingerprint density at radius 1 is 1.07 bits per heavy atom. The number of nitrogens with zero attached hydrogens (tertiary/aromatic N) is 2. The first-order chi connectivity index (χ1) is 14.4. The maximum Gasteiger partial charge on any atom is 0.260 e. The van der Waals surface area contributed by atoms with Crippen molar-refractivity contribution in [2.45, 2.75) is 27.7 Å². The summed E-state index contributed by atoms with van der Waals surface area (Å²) in [5.41, 5.74) is 6.22. The van der Waals surface area contributed by atoms with Gasteiger partial charge >= 0.3 is 0 Å². The molecular formula is C24H30N3O2S+. The third-order valence-corrected chi connectivity index (χ3v) is 7.13. The molecule has 0 spiro atoms. The van der Waals surface area contributed by atoms with E-state index in [9.17, 15) is 4.79 Å². The molecule has 1 aliphatic heterocycles. The smallest absolute Gasteiger partial charge is 0.260 e. The predicted octanol–water partition coefficient (Wildman–Crippen LogP) is 3.09. The maximum absolute atomic E-state index is 13.7. The molecule has 1 fully saturated rings. The minimum Gasteiger partial charge on any atom is -0.370 e. The van der Waals surface area contributed by atoms with Gasteiger partial charge in [-0.2, -0.15) is 0 Å². The second-order valence-corrected chi connectivity index (χ2v) is 9.24. The number of carbonyl (C=O) groups is 1. The molecule has 0 saturated carbocycles. The van der Waals surface area contributed by atoms with Gasteiger partial charge in [0.05, 0.1) is 36.5 Å². The third kappa shape index (κ3) is 4.26. The zero-order chi connectivity index (χ0) is 21.3. The van der Waals surface area contributed by atoms with Crippen LogP contribution in [0.3, 0.4) is 0 Å². The molecule has 2 heterocycles. The Hall–Kier alpha value is -2.28. The number of benzene rings is 2.